The smallest absolute Gasteiger partial charge is 0.336 e. The predicted octanol–water partition coefficient (Wildman–Crippen LogP) is 25.1. The molecule has 0 spiro atoms. The summed E-state index contributed by atoms with van der Waals surface area (Å²) in [6.45, 7) is 3.25. The van der Waals surface area contributed by atoms with Crippen LogP contribution in [0.5, 0.6) is 28.7 Å². The van der Waals surface area contributed by atoms with E-state index in [9.17, 15) is 49.5 Å². The topological polar surface area (TPSA) is 288 Å². The average molecular weight is 1790 g/mol. The number of carboxylic acid groups (broad SMARTS) is 5. The third kappa shape index (κ3) is 26.2. The lowest BCUT2D eigenvalue weighted by Crippen LogP contribution is -2.12. The van der Waals surface area contributed by atoms with Crippen LogP contribution in [0.1, 0.15) is 274 Å². The van der Waals surface area contributed by atoms with Crippen LogP contribution < -0.4 is 18.9 Å². The molecular weight excluding hydrogens is 1670 g/mol. The molecule has 5 aliphatic carbocycles. The van der Waals surface area contributed by atoms with Gasteiger partial charge in [0.15, 0.2) is 0 Å². The van der Waals surface area contributed by atoms with Crippen molar-refractivity contribution in [1.29, 1.82) is 0 Å². The summed E-state index contributed by atoms with van der Waals surface area (Å²) >= 11 is 1.80. The van der Waals surface area contributed by atoms with Crippen LogP contribution >= 0.6 is 11.8 Å². The van der Waals surface area contributed by atoms with E-state index < -0.39 is 29.8 Å². The monoisotopic (exact) mass is 1790 g/mol. The maximum Gasteiger partial charge on any atom is 0.336 e. The molecule has 5 aliphatic rings. The number of pyridine rings is 5. The number of methoxy groups -OCH3 is 1. The molecule has 19 nitrogen and oxygen atoms in total. The molecule has 0 saturated heterocycles. The first kappa shape index (κ1) is 94.5. The summed E-state index contributed by atoms with van der Waals surface area (Å²) in [5.41, 5.74) is 20.9. The number of carboxylic acids is 5. The molecule has 0 radical (unpaired) electrons. The standard InChI is InChI=1S/C25H25NO3.C24H23NO3.C24H23NO2S.C20H23NO3.C19H21NO3/c27-25(28)24-13-14-26-16-21(24)10-9-19-7-4-8-20-15-22(11-12-23(19)20)29-17-18-5-2-1-3-6-18;26-24(27)22-13-14-25-16-19(22)10-9-17-5-4-6-18-11-12-21(15-23(17)18)28-20-7-2-1-3-8-20;26-24(27)23-13-14-25-16-19(23)10-9-17-5-4-6-18-15-21(11-12-22(17)18)28-20-7-2-1-3-8-20;1-2-24-17-8-9-18-14(4-3-5-15(18)12-17)6-7-16-13-21-11-10-19(16)20(22)23;1-23-16-8-7-14-4-2-3-13(18(14)11-16)5-6-15-12-20-10-9-17(15)19(21)22/h1-3,5-6,11-16,19H,4,7-10,17H2,(H,27,28);2*1-3,7-8,11-17H,4-6,9-10H2,(H,26,27);8-14H,2-7H2,1H3,(H,22,23);7-13H,2-6H2,1H3,(H,21,22). The zero-order valence-electron chi connectivity index (χ0n) is 75.0. The average Bonchev–Trinajstić information content (AvgIpc) is 0.801. The van der Waals surface area contributed by atoms with Gasteiger partial charge in [0.2, 0.25) is 0 Å². The van der Waals surface area contributed by atoms with Crippen molar-refractivity contribution in [3.63, 3.8) is 0 Å². The van der Waals surface area contributed by atoms with Crippen LogP contribution in [0, 0.1) is 0 Å². The summed E-state index contributed by atoms with van der Waals surface area (Å²) in [4.78, 5) is 80.0. The van der Waals surface area contributed by atoms with Gasteiger partial charge in [0.25, 0.3) is 0 Å². The Hall–Kier alpha value is -13.6. The molecule has 5 N–H and O–H groups in total. The van der Waals surface area contributed by atoms with E-state index in [0.29, 0.717) is 77.0 Å². The van der Waals surface area contributed by atoms with Crippen molar-refractivity contribution in [2.24, 2.45) is 0 Å². The minimum atomic E-state index is -0.889. The van der Waals surface area contributed by atoms with E-state index in [0.717, 1.165) is 191 Å². The fourth-order valence-electron chi connectivity index (χ4n) is 19.3. The Balaban J connectivity index is 0.000000133. The lowest BCUT2D eigenvalue weighted by Gasteiger charge is -2.26. The Morgan fingerprint density at radius 3 is 1.02 bits per heavy atom. The Kier molecular flexibility index (Phi) is 34.2. The van der Waals surface area contributed by atoms with Gasteiger partial charge in [-0.15, -0.1) is 0 Å². The number of aromatic nitrogens is 5. The zero-order chi connectivity index (χ0) is 91.9. The summed E-state index contributed by atoms with van der Waals surface area (Å²) in [7, 11) is 1.69. The van der Waals surface area contributed by atoms with Crippen LogP contribution in [0.3, 0.4) is 0 Å². The fourth-order valence-corrected chi connectivity index (χ4v) is 20.2. The number of nitrogens with zero attached hydrogens (tertiary/aromatic N) is 5. The molecule has 0 saturated carbocycles. The lowest BCUT2D eigenvalue weighted by atomic mass is 9.79. The van der Waals surface area contributed by atoms with Crippen LogP contribution in [-0.4, -0.2) is 94.0 Å². The van der Waals surface area contributed by atoms with Crippen molar-refractivity contribution < 1.29 is 68.5 Å². The minimum Gasteiger partial charge on any atom is -0.497 e. The molecular formula is C112H115N5O14S. The highest BCUT2D eigenvalue weighted by Crippen LogP contribution is 2.44. The molecule has 0 amide bonds. The van der Waals surface area contributed by atoms with Crippen LogP contribution in [-0.2, 0) is 70.8 Å². The molecule has 0 bridgehead atoms. The molecule has 18 rings (SSSR count). The first-order chi connectivity index (χ1) is 64.5. The highest BCUT2D eigenvalue weighted by Gasteiger charge is 2.29. The highest BCUT2D eigenvalue weighted by atomic mass is 32.2. The second-order valence-electron chi connectivity index (χ2n) is 34.4. The highest BCUT2D eigenvalue weighted by molar-refractivity contribution is 7.99. The second kappa shape index (κ2) is 47.8. The van der Waals surface area contributed by atoms with Gasteiger partial charge in [-0.25, -0.2) is 24.0 Å². The summed E-state index contributed by atoms with van der Waals surface area (Å²) in [6.07, 6.45) is 41.6. The fraction of sp³-hybridized carbons (Fsp3) is 0.304. The number of hydrogen-bond acceptors (Lipinski definition) is 15. The van der Waals surface area contributed by atoms with Crippen LogP contribution in [0.2, 0.25) is 0 Å². The van der Waals surface area contributed by atoms with Crippen molar-refractivity contribution in [3.05, 3.63) is 391 Å². The van der Waals surface area contributed by atoms with Crippen molar-refractivity contribution in [1.82, 2.24) is 24.9 Å². The van der Waals surface area contributed by atoms with Gasteiger partial charge >= 0.3 is 29.8 Å². The first-order valence-electron chi connectivity index (χ1n) is 46.2. The van der Waals surface area contributed by atoms with E-state index in [1.54, 1.807) is 92.6 Å². The first-order valence-corrected chi connectivity index (χ1v) is 47.0. The SMILES string of the molecule is CCOc1ccc2c(c1)CCCC2CCc1cnccc1C(=O)O.COc1ccc2c(c1)C(CCc1cnccc1C(=O)O)CCC2.O=C(O)c1ccncc1CCC1CCCc2cc(OCc3ccccc3)ccc21.O=C(O)c1ccncc1CCC1CCCc2cc(Sc3ccccc3)ccc21.O=C(O)c1ccncc1CCC1CCCc2ccc(Oc3ccccc3)cc21. The molecule has 8 aromatic carbocycles. The molecule has 13 aromatic rings. The van der Waals surface area contributed by atoms with Gasteiger partial charge in [-0.1, -0.05) is 109 Å². The van der Waals surface area contributed by atoms with Gasteiger partial charge in [-0.2, -0.15) is 0 Å². The van der Waals surface area contributed by atoms with Gasteiger partial charge in [0.1, 0.15) is 35.4 Å². The quantitative estimate of drug-likeness (QED) is 0.0279. The number of carbonyl (C=O) groups is 5. The second-order valence-corrected chi connectivity index (χ2v) is 35.5. The molecule has 678 valence electrons. The van der Waals surface area contributed by atoms with E-state index in [-0.39, 0.29) is 0 Å². The maximum absolute atomic E-state index is 11.4. The summed E-state index contributed by atoms with van der Waals surface area (Å²) in [6, 6.07) is 70.7. The molecule has 5 atom stereocenters. The van der Waals surface area contributed by atoms with Crippen molar-refractivity contribution in [3.8, 4) is 28.7 Å². The largest absolute Gasteiger partial charge is 0.497 e. The summed E-state index contributed by atoms with van der Waals surface area (Å²) < 4.78 is 23.0. The number of rotatable bonds is 30. The number of para-hydroxylation sites is 1. The Labute approximate surface area is 777 Å². The summed E-state index contributed by atoms with van der Waals surface area (Å²) in [5, 5.41) is 46.7. The number of aromatic carboxylic acids is 5. The third-order valence-electron chi connectivity index (χ3n) is 26.0. The van der Waals surface area contributed by atoms with E-state index in [1.807, 2.05) is 79.7 Å². The maximum atomic E-state index is 11.4. The zero-order valence-corrected chi connectivity index (χ0v) is 75.8. The van der Waals surface area contributed by atoms with Crippen molar-refractivity contribution in [2.75, 3.05) is 13.7 Å². The van der Waals surface area contributed by atoms with Gasteiger partial charge in [0, 0.05) is 71.8 Å². The molecule has 5 unspecified atom stereocenters. The molecule has 5 aromatic heterocycles. The number of benzene rings is 8. The van der Waals surface area contributed by atoms with Gasteiger partial charge in [-0.05, 0) is 401 Å². The van der Waals surface area contributed by atoms with E-state index in [1.165, 1.54) is 110 Å². The number of ether oxygens (including phenoxy) is 4. The Morgan fingerprint density at radius 1 is 0.318 bits per heavy atom. The molecule has 20 heteroatoms. The van der Waals surface area contributed by atoms with Gasteiger partial charge < -0.3 is 44.5 Å². The Morgan fingerprint density at radius 2 is 0.644 bits per heavy atom. The molecule has 0 fully saturated rings. The normalized spacial score (nSPS) is 16.0. The number of aryl methyl sites for hydroxylation is 10. The van der Waals surface area contributed by atoms with Crippen molar-refractivity contribution >= 4 is 41.6 Å². The van der Waals surface area contributed by atoms with Gasteiger partial charge in [0.05, 0.1) is 41.5 Å². The van der Waals surface area contributed by atoms with Crippen LogP contribution in [0.4, 0.5) is 0 Å². The van der Waals surface area contributed by atoms with E-state index >= 15 is 0 Å². The van der Waals surface area contributed by atoms with Crippen LogP contribution in [0.15, 0.2) is 284 Å². The van der Waals surface area contributed by atoms with Crippen molar-refractivity contribution in [2.45, 2.75) is 213 Å². The minimum absolute atomic E-state index is 0.354. The molecule has 132 heavy (non-hydrogen) atoms. The number of hydrogen-bond donors (Lipinski definition) is 5. The lowest BCUT2D eigenvalue weighted by molar-refractivity contribution is 0.0684. The van der Waals surface area contributed by atoms with Gasteiger partial charge in [-0.3, -0.25) is 24.9 Å². The van der Waals surface area contributed by atoms with E-state index in [2.05, 4.69) is 134 Å². The van der Waals surface area contributed by atoms with E-state index in [4.69, 9.17) is 18.9 Å². The Bertz CT molecular complexity index is 6060. The summed E-state index contributed by atoms with van der Waals surface area (Å²) in [5.74, 6) is 2.30. The predicted molar refractivity (Wildman–Crippen MR) is 514 cm³/mol. The number of fused-ring (bicyclic) bond motifs is 5. The molecule has 0 aliphatic heterocycles. The third-order valence-corrected chi connectivity index (χ3v) is 27.0. The van der Waals surface area contributed by atoms with Crippen LogP contribution in [0.25, 0.3) is 0 Å². The molecule has 5 heterocycles.